The molecule has 0 aromatic heterocycles. The highest BCUT2D eigenvalue weighted by molar-refractivity contribution is 9.11. The second-order valence-corrected chi connectivity index (χ2v) is 3.66. The van der Waals surface area contributed by atoms with Crippen LogP contribution in [0.4, 0.5) is 0 Å². The van der Waals surface area contributed by atoms with E-state index < -0.39 is 0 Å². The third-order valence-corrected chi connectivity index (χ3v) is 2.60. The van der Waals surface area contributed by atoms with Crippen molar-refractivity contribution in [3.63, 3.8) is 0 Å². The predicted molar refractivity (Wildman–Crippen MR) is 48.4 cm³/mol. The van der Waals surface area contributed by atoms with Gasteiger partial charge in [0.05, 0.1) is 0 Å². The lowest BCUT2D eigenvalue weighted by molar-refractivity contribution is 0.890. The van der Waals surface area contributed by atoms with Crippen LogP contribution in [0.2, 0.25) is 0 Å². The minimum atomic E-state index is 0.753. The monoisotopic (exact) mass is 201 g/mol. The number of rotatable bonds is 2. The van der Waals surface area contributed by atoms with E-state index in [4.69, 9.17) is 0 Å². The third kappa shape index (κ3) is 1.94. The summed E-state index contributed by atoms with van der Waals surface area (Å²) in [7, 11) is 0. The minimum absolute atomic E-state index is 0.753. The Labute approximate surface area is 70.4 Å². The van der Waals surface area contributed by atoms with Gasteiger partial charge in [-0.05, 0) is 25.2 Å². The number of allylic oxidation sites excluding steroid dienone is 1. The summed E-state index contributed by atoms with van der Waals surface area (Å²) >= 11 is 3.49. The van der Waals surface area contributed by atoms with Crippen molar-refractivity contribution < 1.29 is 0 Å². The van der Waals surface area contributed by atoms with E-state index in [2.05, 4.69) is 27.8 Å². The SMILES string of the molecule is C/C=N\C=C(\Br)[C@@H]1CC1C. The van der Waals surface area contributed by atoms with Gasteiger partial charge in [0.25, 0.3) is 0 Å². The van der Waals surface area contributed by atoms with Gasteiger partial charge in [-0.15, -0.1) is 0 Å². The molecule has 1 aliphatic carbocycles. The van der Waals surface area contributed by atoms with Gasteiger partial charge in [0.2, 0.25) is 0 Å². The van der Waals surface area contributed by atoms with E-state index in [1.807, 2.05) is 13.1 Å². The number of halogens is 1. The van der Waals surface area contributed by atoms with Crippen molar-refractivity contribution in [2.24, 2.45) is 16.8 Å². The molecule has 10 heavy (non-hydrogen) atoms. The standard InChI is InChI=1S/C8H12BrN/c1-3-10-5-8(9)7-4-6(7)2/h3,5-7H,4H2,1-2H3/b8-5+,10-3-/t6?,7-/m1/s1. The molecule has 1 saturated carbocycles. The Morgan fingerprint density at radius 2 is 2.30 bits per heavy atom. The highest BCUT2D eigenvalue weighted by Crippen LogP contribution is 2.45. The highest BCUT2D eigenvalue weighted by Gasteiger charge is 2.34. The summed E-state index contributed by atoms with van der Waals surface area (Å²) < 4.78 is 1.25. The molecule has 1 aliphatic rings. The molecule has 0 saturated heterocycles. The average molecular weight is 202 g/mol. The summed E-state index contributed by atoms with van der Waals surface area (Å²) in [5, 5.41) is 0. The van der Waals surface area contributed by atoms with Crippen LogP contribution in [0.25, 0.3) is 0 Å². The Morgan fingerprint density at radius 1 is 1.70 bits per heavy atom. The average Bonchev–Trinajstić information content (AvgIpc) is 2.62. The van der Waals surface area contributed by atoms with Gasteiger partial charge in [0.15, 0.2) is 0 Å². The number of aliphatic imine (C=N–C) groups is 1. The van der Waals surface area contributed by atoms with Crippen molar-refractivity contribution in [1.29, 1.82) is 0 Å². The molecule has 1 nitrogen and oxygen atoms in total. The van der Waals surface area contributed by atoms with Gasteiger partial charge in [-0.1, -0.05) is 22.9 Å². The van der Waals surface area contributed by atoms with Crippen molar-refractivity contribution in [3.05, 3.63) is 10.7 Å². The third-order valence-electron chi connectivity index (χ3n) is 1.81. The molecular formula is C8H12BrN. The Balaban J connectivity index is 2.41. The van der Waals surface area contributed by atoms with Crippen LogP contribution in [-0.2, 0) is 0 Å². The maximum absolute atomic E-state index is 4.03. The molecule has 2 heteroatoms. The van der Waals surface area contributed by atoms with Gasteiger partial charge in [0.1, 0.15) is 0 Å². The van der Waals surface area contributed by atoms with Crippen LogP contribution in [0.15, 0.2) is 15.7 Å². The van der Waals surface area contributed by atoms with Crippen LogP contribution < -0.4 is 0 Å². The summed E-state index contributed by atoms with van der Waals surface area (Å²) in [6.07, 6.45) is 5.01. The second-order valence-electron chi connectivity index (χ2n) is 2.74. The van der Waals surface area contributed by atoms with E-state index in [0.29, 0.717) is 0 Å². The van der Waals surface area contributed by atoms with Gasteiger partial charge >= 0.3 is 0 Å². The van der Waals surface area contributed by atoms with Crippen molar-refractivity contribution in [3.8, 4) is 0 Å². The van der Waals surface area contributed by atoms with E-state index >= 15 is 0 Å². The lowest BCUT2D eigenvalue weighted by atomic mass is 10.3. The van der Waals surface area contributed by atoms with Crippen molar-refractivity contribution in [2.45, 2.75) is 20.3 Å². The zero-order valence-electron chi connectivity index (χ0n) is 6.34. The Hall–Kier alpha value is -0.110. The molecule has 0 N–H and O–H groups in total. The molecule has 1 unspecified atom stereocenters. The fraction of sp³-hybridized carbons (Fsp3) is 0.625. The summed E-state index contributed by atoms with van der Waals surface area (Å²) in [5.41, 5.74) is 0. The van der Waals surface area contributed by atoms with Crippen LogP contribution in [0.3, 0.4) is 0 Å². The van der Waals surface area contributed by atoms with E-state index in [0.717, 1.165) is 11.8 Å². The van der Waals surface area contributed by atoms with Crippen molar-refractivity contribution >= 4 is 22.1 Å². The van der Waals surface area contributed by atoms with E-state index in [9.17, 15) is 0 Å². The van der Waals surface area contributed by atoms with Gasteiger partial charge in [0, 0.05) is 16.9 Å². The molecule has 0 spiro atoms. The maximum atomic E-state index is 4.03. The number of nitrogens with zero attached hydrogens (tertiary/aromatic N) is 1. The topological polar surface area (TPSA) is 12.4 Å². The lowest BCUT2D eigenvalue weighted by Crippen LogP contribution is -1.75. The quantitative estimate of drug-likeness (QED) is 0.610. The second kappa shape index (κ2) is 3.33. The first kappa shape index (κ1) is 7.99. The fourth-order valence-electron chi connectivity index (χ4n) is 0.948. The molecule has 0 amide bonds. The molecule has 0 aromatic rings. The zero-order valence-corrected chi connectivity index (χ0v) is 7.93. The number of hydrogen-bond acceptors (Lipinski definition) is 1. The van der Waals surface area contributed by atoms with E-state index in [-0.39, 0.29) is 0 Å². The largest absolute Gasteiger partial charge is 0.269 e. The van der Waals surface area contributed by atoms with Gasteiger partial charge in [-0.25, -0.2) is 0 Å². The molecule has 1 fully saturated rings. The van der Waals surface area contributed by atoms with Crippen LogP contribution in [-0.4, -0.2) is 6.21 Å². The molecule has 1 rings (SSSR count). The fourth-order valence-corrected chi connectivity index (χ4v) is 1.70. The molecule has 56 valence electrons. The Morgan fingerprint density at radius 3 is 2.70 bits per heavy atom. The van der Waals surface area contributed by atoms with Gasteiger partial charge < -0.3 is 0 Å². The molecule has 0 aromatic carbocycles. The lowest BCUT2D eigenvalue weighted by Gasteiger charge is -1.89. The molecular weight excluding hydrogens is 190 g/mol. The molecule has 2 atom stereocenters. The highest BCUT2D eigenvalue weighted by atomic mass is 79.9. The maximum Gasteiger partial charge on any atom is 0.0368 e. The van der Waals surface area contributed by atoms with E-state index in [1.54, 1.807) is 6.21 Å². The zero-order chi connectivity index (χ0) is 7.56. The first-order valence-electron chi connectivity index (χ1n) is 3.59. The Bertz CT molecular complexity index is 172. The molecule has 0 aliphatic heterocycles. The molecule has 0 radical (unpaired) electrons. The number of hydrogen-bond donors (Lipinski definition) is 0. The smallest absolute Gasteiger partial charge is 0.0368 e. The van der Waals surface area contributed by atoms with Crippen LogP contribution in [0, 0.1) is 11.8 Å². The van der Waals surface area contributed by atoms with E-state index in [1.165, 1.54) is 10.9 Å². The van der Waals surface area contributed by atoms with Crippen molar-refractivity contribution in [1.82, 2.24) is 0 Å². The van der Waals surface area contributed by atoms with Gasteiger partial charge in [-0.3, -0.25) is 4.99 Å². The van der Waals surface area contributed by atoms with Crippen LogP contribution in [0.1, 0.15) is 20.3 Å². The normalized spacial score (nSPS) is 33.3. The minimum Gasteiger partial charge on any atom is -0.269 e. The molecule has 0 bridgehead atoms. The summed E-state index contributed by atoms with van der Waals surface area (Å²) in [5.74, 6) is 1.61. The van der Waals surface area contributed by atoms with Crippen LogP contribution in [0.5, 0.6) is 0 Å². The predicted octanol–water partition coefficient (Wildman–Crippen LogP) is 2.97. The first-order valence-corrected chi connectivity index (χ1v) is 4.38. The van der Waals surface area contributed by atoms with Crippen LogP contribution >= 0.6 is 15.9 Å². The first-order chi connectivity index (χ1) is 4.75. The van der Waals surface area contributed by atoms with Crippen molar-refractivity contribution in [2.75, 3.05) is 0 Å². The van der Waals surface area contributed by atoms with Gasteiger partial charge in [-0.2, -0.15) is 0 Å². The summed E-state index contributed by atoms with van der Waals surface area (Å²) in [4.78, 5) is 4.03. The summed E-state index contributed by atoms with van der Waals surface area (Å²) in [6, 6.07) is 0. The molecule has 0 heterocycles. The summed E-state index contributed by atoms with van der Waals surface area (Å²) in [6.45, 7) is 4.18. The Kier molecular flexibility index (Phi) is 2.66.